The Kier molecular flexibility index (Phi) is 4.97. The van der Waals surface area contributed by atoms with Crippen LogP contribution in [-0.2, 0) is 4.74 Å². The van der Waals surface area contributed by atoms with Crippen LogP contribution in [0, 0.1) is 6.92 Å². The summed E-state index contributed by atoms with van der Waals surface area (Å²) in [6.45, 7) is 7.51. The number of hydrogen-bond acceptors (Lipinski definition) is 5. The van der Waals surface area contributed by atoms with Crippen LogP contribution in [0.3, 0.4) is 0 Å². The Balaban J connectivity index is 1.74. The molecule has 1 atom stereocenters. The monoisotopic (exact) mass is 384 g/mol. The van der Waals surface area contributed by atoms with E-state index in [0.717, 1.165) is 41.1 Å². The first-order valence-electron chi connectivity index (χ1n) is 9.38. The minimum absolute atomic E-state index is 0.101. The Morgan fingerprint density at radius 2 is 2.30 bits per heavy atom. The molecule has 7 heteroatoms. The van der Waals surface area contributed by atoms with E-state index in [-0.39, 0.29) is 18.1 Å². The van der Waals surface area contributed by atoms with Gasteiger partial charge in [-0.3, -0.25) is 4.79 Å². The van der Waals surface area contributed by atoms with E-state index in [1.54, 1.807) is 17.5 Å². The molecule has 1 amide bonds. The molecule has 3 aromatic heterocycles. The van der Waals surface area contributed by atoms with Crippen LogP contribution >= 0.6 is 11.3 Å². The van der Waals surface area contributed by atoms with Crippen LogP contribution in [0.2, 0.25) is 0 Å². The number of nitrogens with zero attached hydrogens (tertiary/aromatic N) is 3. The molecule has 1 saturated heterocycles. The number of pyridine rings is 1. The molecule has 0 radical (unpaired) electrons. The molecular weight excluding hydrogens is 360 g/mol. The third kappa shape index (κ3) is 3.61. The number of aromatic nitrogens is 3. The van der Waals surface area contributed by atoms with Crippen molar-refractivity contribution in [3.05, 3.63) is 34.8 Å². The number of amides is 1. The van der Waals surface area contributed by atoms with E-state index in [9.17, 15) is 4.79 Å². The van der Waals surface area contributed by atoms with Crippen LogP contribution in [0.5, 0.6) is 0 Å². The smallest absolute Gasteiger partial charge is 0.252 e. The van der Waals surface area contributed by atoms with Gasteiger partial charge in [-0.15, -0.1) is 11.3 Å². The number of carbonyl (C=O) groups excluding carboxylic acids is 1. The number of nitrogens with one attached hydrogen (secondary N) is 1. The van der Waals surface area contributed by atoms with Crippen LogP contribution in [0.4, 0.5) is 0 Å². The summed E-state index contributed by atoms with van der Waals surface area (Å²) < 4.78 is 7.49. The van der Waals surface area contributed by atoms with Crippen molar-refractivity contribution in [1.82, 2.24) is 20.1 Å². The van der Waals surface area contributed by atoms with E-state index >= 15 is 0 Å². The van der Waals surface area contributed by atoms with Gasteiger partial charge in [0, 0.05) is 24.1 Å². The van der Waals surface area contributed by atoms with Gasteiger partial charge < -0.3 is 10.1 Å². The minimum atomic E-state index is -0.101. The van der Waals surface area contributed by atoms with Gasteiger partial charge >= 0.3 is 0 Å². The summed E-state index contributed by atoms with van der Waals surface area (Å²) in [5, 5.41) is 8.28. The Morgan fingerprint density at radius 3 is 2.96 bits per heavy atom. The van der Waals surface area contributed by atoms with Crippen molar-refractivity contribution in [3.8, 4) is 10.6 Å². The van der Waals surface area contributed by atoms with Crippen molar-refractivity contribution in [2.45, 2.75) is 45.8 Å². The third-order valence-electron chi connectivity index (χ3n) is 4.81. The zero-order valence-electron chi connectivity index (χ0n) is 15.9. The van der Waals surface area contributed by atoms with Crippen molar-refractivity contribution in [1.29, 1.82) is 0 Å². The lowest BCUT2D eigenvalue weighted by molar-refractivity contribution is 0.0859. The van der Waals surface area contributed by atoms with E-state index in [2.05, 4.69) is 43.3 Å². The topological polar surface area (TPSA) is 69.0 Å². The zero-order valence-corrected chi connectivity index (χ0v) is 16.7. The molecular formula is C20H24N4O2S. The van der Waals surface area contributed by atoms with E-state index in [1.807, 2.05) is 10.7 Å². The number of thiophene rings is 1. The van der Waals surface area contributed by atoms with Crippen LogP contribution in [0.25, 0.3) is 21.6 Å². The van der Waals surface area contributed by atoms with Crippen LogP contribution < -0.4 is 5.32 Å². The average Bonchev–Trinajstić information content (AvgIpc) is 3.38. The molecule has 0 saturated carbocycles. The number of fused-ring (bicyclic) bond motifs is 1. The summed E-state index contributed by atoms with van der Waals surface area (Å²) in [5.41, 5.74) is 2.17. The molecule has 0 aromatic carbocycles. The fourth-order valence-electron chi connectivity index (χ4n) is 3.39. The quantitative estimate of drug-likeness (QED) is 0.723. The lowest BCUT2D eigenvalue weighted by atomic mass is 10.1. The summed E-state index contributed by atoms with van der Waals surface area (Å²) in [6, 6.07) is 6.17. The van der Waals surface area contributed by atoms with Crippen LogP contribution in [-0.4, -0.2) is 39.9 Å². The van der Waals surface area contributed by atoms with Gasteiger partial charge in [-0.05, 0) is 51.8 Å². The maximum Gasteiger partial charge on any atom is 0.252 e. The van der Waals surface area contributed by atoms with Gasteiger partial charge in [-0.2, -0.15) is 5.10 Å². The summed E-state index contributed by atoms with van der Waals surface area (Å²) >= 11 is 1.68. The maximum atomic E-state index is 13.0. The first-order valence-corrected chi connectivity index (χ1v) is 10.2. The van der Waals surface area contributed by atoms with Crippen molar-refractivity contribution >= 4 is 28.3 Å². The number of rotatable bonds is 5. The maximum absolute atomic E-state index is 13.0. The fourth-order valence-corrected chi connectivity index (χ4v) is 4.22. The highest BCUT2D eigenvalue weighted by Gasteiger charge is 2.21. The van der Waals surface area contributed by atoms with Gasteiger partial charge in [0.1, 0.15) is 0 Å². The Hall–Kier alpha value is -2.25. The summed E-state index contributed by atoms with van der Waals surface area (Å²) in [7, 11) is 0. The summed E-state index contributed by atoms with van der Waals surface area (Å²) in [6.07, 6.45) is 3.91. The molecule has 0 bridgehead atoms. The van der Waals surface area contributed by atoms with Gasteiger partial charge in [-0.25, -0.2) is 9.67 Å². The predicted molar refractivity (Wildman–Crippen MR) is 107 cm³/mol. The molecule has 27 heavy (non-hydrogen) atoms. The van der Waals surface area contributed by atoms with E-state index in [0.29, 0.717) is 12.1 Å². The van der Waals surface area contributed by atoms with Crippen molar-refractivity contribution in [2.24, 2.45) is 0 Å². The molecule has 142 valence electrons. The van der Waals surface area contributed by atoms with Crippen LogP contribution in [0.15, 0.2) is 24.4 Å². The van der Waals surface area contributed by atoms with E-state index in [4.69, 9.17) is 9.72 Å². The normalized spacial score (nSPS) is 17.1. The molecule has 1 unspecified atom stereocenters. The third-order valence-corrected chi connectivity index (χ3v) is 5.83. The minimum Gasteiger partial charge on any atom is -0.376 e. The second-order valence-electron chi connectivity index (χ2n) is 7.23. The highest BCUT2D eigenvalue weighted by Crippen LogP contribution is 2.30. The SMILES string of the molecule is Cc1ccc(-c2cc(C(=O)NCC3CCCO3)c3cnn(C(C)C)c3n2)s1. The van der Waals surface area contributed by atoms with Gasteiger partial charge in [0.25, 0.3) is 5.91 Å². The molecule has 4 heterocycles. The fraction of sp³-hybridized carbons (Fsp3) is 0.450. The second-order valence-corrected chi connectivity index (χ2v) is 8.52. The first-order chi connectivity index (χ1) is 13.0. The van der Waals surface area contributed by atoms with E-state index < -0.39 is 0 Å². The summed E-state index contributed by atoms with van der Waals surface area (Å²) in [4.78, 5) is 20.1. The largest absolute Gasteiger partial charge is 0.376 e. The lowest BCUT2D eigenvalue weighted by Gasteiger charge is -2.12. The average molecular weight is 385 g/mol. The van der Waals surface area contributed by atoms with Crippen molar-refractivity contribution in [3.63, 3.8) is 0 Å². The Morgan fingerprint density at radius 1 is 1.44 bits per heavy atom. The van der Waals surface area contributed by atoms with Gasteiger partial charge in [0.05, 0.1) is 33.8 Å². The molecule has 0 aliphatic carbocycles. The lowest BCUT2D eigenvalue weighted by Crippen LogP contribution is -2.31. The summed E-state index contributed by atoms with van der Waals surface area (Å²) in [5.74, 6) is -0.101. The first kappa shape index (κ1) is 18.1. The number of aryl methyl sites for hydroxylation is 1. The van der Waals surface area contributed by atoms with Gasteiger partial charge in [0.2, 0.25) is 0 Å². The highest BCUT2D eigenvalue weighted by molar-refractivity contribution is 7.15. The molecule has 1 N–H and O–H groups in total. The molecule has 1 aliphatic rings. The molecule has 4 rings (SSSR count). The van der Waals surface area contributed by atoms with E-state index in [1.165, 1.54) is 4.88 Å². The molecule has 1 aliphatic heterocycles. The molecule has 6 nitrogen and oxygen atoms in total. The van der Waals surface area contributed by atoms with Crippen molar-refractivity contribution < 1.29 is 9.53 Å². The Labute approximate surface area is 162 Å². The van der Waals surface area contributed by atoms with Crippen molar-refractivity contribution in [2.75, 3.05) is 13.2 Å². The second kappa shape index (κ2) is 7.40. The number of hydrogen-bond donors (Lipinski definition) is 1. The number of ether oxygens (including phenoxy) is 1. The highest BCUT2D eigenvalue weighted by atomic mass is 32.1. The van der Waals surface area contributed by atoms with Gasteiger partial charge in [0.15, 0.2) is 5.65 Å². The van der Waals surface area contributed by atoms with Gasteiger partial charge in [-0.1, -0.05) is 0 Å². The molecule has 0 spiro atoms. The standard InChI is InChI=1S/C20H24N4O2S/c1-12(2)24-19-16(11-22-24)15(20(25)21-10-14-5-4-8-26-14)9-17(23-19)18-7-6-13(3)27-18/h6-7,9,11-12,14H,4-5,8,10H2,1-3H3,(H,21,25). The predicted octanol–water partition coefficient (Wildman–Crippen LogP) is 3.96. The Bertz CT molecular complexity index is 970. The zero-order chi connectivity index (χ0) is 19.0. The van der Waals surface area contributed by atoms with Crippen LogP contribution in [0.1, 0.15) is 48.0 Å². The number of carbonyl (C=O) groups is 1. The molecule has 3 aromatic rings. The molecule has 1 fully saturated rings.